The highest BCUT2D eigenvalue weighted by Gasteiger charge is 2.22. The molecule has 0 saturated carbocycles. The van der Waals surface area contributed by atoms with Gasteiger partial charge in [0.05, 0.1) is 0 Å². The molecule has 108 valence electrons. The molecule has 0 amide bonds. The molecule has 1 fully saturated rings. The Hall–Kier alpha value is -1.69. The van der Waals surface area contributed by atoms with E-state index in [1.54, 1.807) is 0 Å². The Labute approximate surface area is 119 Å². The highest BCUT2D eigenvalue weighted by Crippen LogP contribution is 2.21. The molecule has 0 aliphatic carbocycles. The summed E-state index contributed by atoms with van der Waals surface area (Å²) in [6.07, 6.45) is 7.27. The number of nitrogens with one attached hydrogen (secondary N) is 1. The molecule has 0 aromatic carbocycles. The number of hydrogen-bond acceptors (Lipinski definition) is 5. The van der Waals surface area contributed by atoms with Crippen LogP contribution in [0.25, 0.3) is 5.65 Å². The first-order valence-corrected chi connectivity index (χ1v) is 7.44. The molecule has 1 aliphatic heterocycles. The number of rotatable bonds is 4. The van der Waals surface area contributed by atoms with Gasteiger partial charge < -0.3 is 10.2 Å². The molecule has 1 aliphatic rings. The number of fused-ring (bicyclic) bond motifs is 1. The number of piperidine rings is 1. The Bertz CT molecular complexity index is 570. The van der Waals surface area contributed by atoms with E-state index >= 15 is 0 Å². The van der Waals surface area contributed by atoms with Crippen molar-refractivity contribution in [2.24, 2.45) is 0 Å². The molecule has 6 heteroatoms. The molecule has 2 aromatic heterocycles. The normalized spacial score (nSPS) is 17.0. The van der Waals surface area contributed by atoms with E-state index in [4.69, 9.17) is 0 Å². The van der Waals surface area contributed by atoms with E-state index in [1.165, 1.54) is 6.42 Å². The number of aryl methyl sites for hydroxylation is 1. The van der Waals surface area contributed by atoms with Crippen LogP contribution in [0.2, 0.25) is 0 Å². The van der Waals surface area contributed by atoms with Gasteiger partial charge in [-0.3, -0.25) is 4.40 Å². The van der Waals surface area contributed by atoms with Crippen molar-refractivity contribution in [2.75, 3.05) is 24.5 Å². The maximum absolute atomic E-state index is 4.51. The minimum absolute atomic E-state index is 0.644. The van der Waals surface area contributed by atoms with E-state index < -0.39 is 0 Å². The molecule has 3 rings (SSSR count). The van der Waals surface area contributed by atoms with Gasteiger partial charge >= 0.3 is 0 Å². The monoisotopic (exact) mass is 274 g/mol. The van der Waals surface area contributed by atoms with Gasteiger partial charge in [0.1, 0.15) is 5.82 Å². The zero-order valence-corrected chi connectivity index (χ0v) is 12.2. The fourth-order valence-corrected chi connectivity index (χ4v) is 2.80. The molecule has 2 aromatic rings. The molecule has 20 heavy (non-hydrogen) atoms. The molecule has 3 heterocycles. The van der Waals surface area contributed by atoms with Gasteiger partial charge in [-0.2, -0.15) is 0 Å². The lowest BCUT2D eigenvalue weighted by molar-refractivity contribution is 0.415. The summed E-state index contributed by atoms with van der Waals surface area (Å²) in [7, 11) is 0. The molecule has 0 spiro atoms. The van der Waals surface area contributed by atoms with Crippen LogP contribution in [0.3, 0.4) is 0 Å². The first-order valence-electron chi connectivity index (χ1n) is 7.44. The van der Waals surface area contributed by atoms with Gasteiger partial charge in [-0.05, 0) is 32.7 Å². The van der Waals surface area contributed by atoms with Crippen LogP contribution in [0.4, 0.5) is 5.82 Å². The zero-order chi connectivity index (χ0) is 13.9. The Morgan fingerprint density at radius 3 is 2.85 bits per heavy atom. The first kappa shape index (κ1) is 13.3. The van der Waals surface area contributed by atoms with Crippen molar-refractivity contribution in [3.63, 3.8) is 0 Å². The van der Waals surface area contributed by atoms with Crippen molar-refractivity contribution in [2.45, 2.75) is 39.2 Å². The summed E-state index contributed by atoms with van der Waals surface area (Å²) in [4.78, 5) is 6.84. The SMILES string of the molecule is CCCNC1CCN(c2nccn3c(C)nnc23)CC1. The molecule has 6 nitrogen and oxygen atoms in total. The van der Waals surface area contributed by atoms with Crippen molar-refractivity contribution >= 4 is 11.5 Å². The quantitative estimate of drug-likeness (QED) is 0.913. The maximum Gasteiger partial charge on any atom is 0.203 e. The molecule has 0 unspecified atom stereocenters. The van der Waals surface area contributed by atoms with Crippen LogP contribution in [-0.2, 0) is 0 Å². The van der Waals surface area contributed by atoms with E-state index in [2.05, 4.69) is 32.3 Å². The van der Waals surface area contributed by atoms with Gasteiger partial charge in [-0.15, -0.1) is 10.2 Å². The third-order valence-electron chi connectivity index (χ3n) is 3.96. The van der Waals surface area contributed by atoms with Crippen LogP contribution in [0, 0.1) is 6.92 Å². The summed E-state index contributed by atoms with van der Waals surface area (Å²) < 4.78 is 2.00. The number of anilines is 1. The van der Waals surface area contributed by atoms with Crippen molar-refractivity contribution < 1.29 is 0 Å². The third-order valence-corrected chi connectivity index (χ3v) is 3.96. The lowest BCUT2D eigenvalue weighted by Crippen LogP contribution is -2.43. The molecule has 1 N–H and O–H groups in total. The lowest BCUT2D eigenvalue weighted by atomic mass is 10.1. The van der Waals surface area contributed by atoms with Crippen LogP contribution in [0.1, 0.15) is 32.0 Å². The Morgan fingerprint density at radius 1 is 1.30 bits per heavy atom. The maximum atomic E-state index is 4.51. The average Bonchev–Trinajstić information content (AvgIpc) is 2.87. The molecular weight excluding hydrogens is 252 g/mol. The minimum atomic E-state index is 0.644. The molecule has 1 saturated heterocycles. The van der Waals surface area contributed by atoms with Gasteiger partial charge in [0.15, 0.2) is 5.82 Å². The molecule has 0 radical (unpaired) electrons. The molecule has 0 atom stereocenters. The highest BCUT2D eigenvalue weighted by molar-refractivity contribution is 5.63. The number of hydrogen-bond donors (Lipinski definition) is 1. The topological polar surface area (TPSA) is 58.4 Å². The Morgan fingerprint density at radius 2 is 2.10 bits per heavy atom. The van der Waals surface area contributed by atoms with Gasteiger partial charge in [-0.25, -0.2) is 4.98 Å². The van der Waals surface area contributed by atoms with E-state index in [1.807, 2.05) is 23.7 Å². The van der Waals surface area contributed by atoms with Gasteiger partial charge in [-0.1, -0.05) is 6.92 Å². The zero-order valence-electron chi connectivity index (χ0n) is 12.2. The van der Waals surface area contributed by atoms with Crippen molar-refractivity contribution in [1.82, 2.24) is 24.9 Å². The molecule has 0 bridgehead atoms. The number of nitrogens with zero attached hydrogens (tertiary/aromatic N) is 5. The second kappa shape index (κ2) is 5.75. The summed E-state index contributed by atoms with van der Waals surface area (Å²) in [6.45, 7) is 7.34. The predicted molar refractivity (Wildman–Crippen MR) is 79.0 cm³/mol. The summed E-state index contributed by atoms with van der Waals surface area (Å²) in [5.74, 6) is 1.87. The third kappa shape index (κ3) is 2.47. The van der Waals surface area contributed by atoms with Crippen LogP contribution in [-0.4, -0.2) is 45.3 Å². The van der Waals surface area contributed by atoms with Crippen molar-refractivity contribution in [3.8, 4) is 0 Å². The fourth-order valence-electron chi connectivity index (χ4n) is 2.80. The van der Waals surface area contributed by atoms with Gasteiger partial charge in [0.2, 0.25) is 5.65 Å². The number of aromatic nitrogens is 4. The van der Waals surface area contributed by atoms with Crippen LogP contribution < -0.4 is 10.2 Å². The molecular formula is C14H22N6. The Kier molecular flexibility index (Phi) is 3.82. The summed E-state index contributed by atoms with van der Waals surface area (Å²) in [5.41, 5.74) is 0.866. The van der Waals surface area contributed by atoms with Crippen LogP contribution >= 0.6 is 0 Å². The largest absolute Gasteiger partial charge is 0.353 e. The van der Waals surface area contributed by atoms with E-state index in [0.29, 0.717) is 6.04 Å². The Balaban J connectivity index is 1.73. The minimum Gasteiger partial charge on any atom is -0.353 e. The van der Waals surface area contributed by atoms with Gasteiger partial charge in [0.25, 0.3) is 0 Å². The smallest absolute Gasteiger partial charge is 0.203 e. The van der Waals surface area contributed by atoms with Gasteiger partial charge in [0, 0.05) is 31.5 Å². The lowest BCUT2D eigenvalue weighted by Gasteiger charge is -2.33. The predicted octanol–water partition coefficient (Wildman–Crippen LogP) is 1.40. The standard InChI is InChI=1S/C14H22N6/c1-3-6-15-12-4-8-19(9-5-12)13-14-18-17-11(2)20(14)10-7-16-13/h7,10,12,15H,3-6,8-9H2,1-2H3. The summed E-state index contributed by atoms with van der Waals surface area (Å²) in [5, 5.41) is 12.0. The van der Waals surface area contributed by atoms with Crippen molar-refractivity contribution in [3.05, 3.63) is 18.2 Å². The van der Waals surface area contributed by atoms with E-state index in [-0.39, 0.29) is 0 Å². The average molecular weight is 274 g/mol. The second-order valence-electron chi connectivity index (χ2n) is 5.41. The van der Waals surface area contributed by atoms with Crippen LogP contribution in [0.5, 0.6) is 0 Å². The second-order valence-corrected chi connectivity index (χ2v) is 5.41. The van der Waals surface area contributed by atoms with Crippen LogP contribution in [0.15, 0.2) is 12.4 Å². The summed E-state index contributed by atoms with van der Waals surface area (Å²) in [6, 6.07) is 0.644. The van der Waals surface area contributed by atoms with Crippen molar-refractivity contribution in [1.29, 1.82) is 0 Å². The van der Waals surface area contributed by atoms with E-state index in [9.17, 15) is 0 Å². The highest BCUT2D eigenvalue weighted by atomic mass is 15.3. The fraction of sp³-hybridized carbons (Fsp3) is 0.643. The summed E-state index contributed by atoms with van der Waals surface area (Å²) >= 11 is 0. The first-order chi connectivity index (χ1) is 9.79. The van der Waals surface area contributed by atoms with E-state index in [0.717, 1.165) is 49.8 Å².